The lowest BCUT2D eigenvalue weighted by atomic mass is 9.96. The quantitative estimate of drug-likeness (QED) is 0.685. The zero-order valence-corrected chi connectivity index (χ0v) is 15.4. The molecule has 0 aliphatic heterocycles. The van der Waals surface area contributed by atoms with Gasteiger partial charge in [-0.05, 0) is 35.9 Å². The number of amides is 2. The Morgan fingerprint density at radius 2 is 1.39 bits per heavy atom. The molecule has 0 atom stereocenters. The van der Waals surface area contributed by atoms with Crippen molar-refractivity contribution in [2.24, 2.45) is 11.5 Å². The number of nitrogens with two attached hydrogens (primary N) is 2. The summed E-state index contributed by atoms with van der Waals surface area (Å²) in [5, 5.41) is 0. The lowest BCUT2D eigenvalue weighted by Crippen LogP contribution is -2.11. The van der Waals surface area contributed by atoms with Crippen molar-refractivity contribution in [1.82, 2.24) is 4.98 Å². The van der Waals surface area contributed by atoms with Gasteiger partial charge in [0, 0.05) is 22.3 Å². The van der Waals surface area contributed by atoms with E-state index in [1.54, 1.807) is 42.5 Å². The van der Waals surface area contributed by atoms with Gasteiger partial charge >= 0.3 is 0 Å². The van der Waals surface area contributed by atoms with Gasteiger partial charge in [-0.2, -0.15) is 0 Å². The number of pyridine rings is 1. The Hall–Kier alpha value is -3.87. The molecule has 0 bridgehead atoms. The average Bonchev–Trinajstić information content (AvgIpc) is 2.72. The van der Waals surface area contributed by atoms with Crippen molar-refractivity contribution in [2.75, 3.05) is 14.2 Å². The number of methoxy groups -OCH3 is 2. The van der Waals surface area contributed by atoms with Crippen LogP contribution in [0.5, 0.6) is 11.6 Å². The van der Waals surface area contributed by atoms with Crippen molar-refractivity contribution in [1.29, 1.82) is 0 Å². The molecule has 2 aromatic carbocycles. The molecule has 0 aliphatic carbocycles. The van der Waals surface area contributed by atoms with Crippen LogP contribution in [-0.4, -0.2) is 31.0 Å². The van der Waals surface area contributed by atoms with Crippen LogP contribution >= 0.6 is 0 Å². The molecule has 0 saturated carbocycles. The Morgan fingerprint density at radius 1 is 0.821 bits per heavy atom. The number of rotatable bonds is 6. The van der Waals surface area contributed by atoms with E-state index < -0.39 is 11.8 Å². The first-order chi connectivity index (χ1) is 13.4. The molecular weight excluding hydrogens is 358 g/mol. The summed E-state index contributed by atoms with van der Waals surface area (Å²) in [7, 11) is 3.00. The predicted octanol–water partition coefficient (Wildman–Crippen LogP) is 2.63. The molecule has 7 nitrogen and oxygen atoms in total. The van der Waals surface area contributed by atoms with E-state index in [1.807, 2.05) is 12.1 Å². The van der Waals surface area contributed by atoms with Gasteiger partial charge in [-0.15, -0.1) is 0 Å². The van der Waals surface area contributed by atoms with Crippen molar-refractivity contribution in [3.05, 3.63) is 65.7 Å². The number of primary amides is 2. The third-order valence-electron chi connectivity index (χ3n) is 4.25. The van der Waals surface area contributed by atoms with Gasteiger partial charge in [-0.25, -0.2) is 4.98 Å². The molecule has 0 radical (unpaired) electrons. The molecule has 2 amide bonds. The van der Waals surface area contributed by atoms with Crippen LogP contribution in [0.4, 0.5) is 0 Å². The van der Waals surface area contributed by atoms with Gasteiger partial charge < -0.3 is 20.9 Å². The molecular formula is C21H19N3O4. The molecule has 142 valence electrons. The summed E-state index contributed by atoms with van der Waals surface area (Å²) in [4.78, 5) is 27.7. The smallest absolute Gasteiger partial charge is 0.257 e. The lowest BCUT2D eigenvalue weighted by Gasteiger charge is -2.15. The molecule has 3 rings (SSSR count). The van der Waals surface area contributed by atoms with Crippen LogP contribution in [0.15, 0.2) is 54.6 Å². The highest BCUT2D eigenvalue weighted by molar-refractivity contribution is 5.96. The third kappa shape index (κ3) is 3.64. The van der Waals surface area contributed by atoms with E-state index in [-0.39, 0.29) is 5.88 Å². The van der Waals surface area contributed by atoms with Crippen molar-refractivity contribution in [3.63, 3.8) is 0 Å². The largest absolute Gasteiger partial charge is 0.491 e. The maximum absolute atomic E-state index is 11.6. The number of benzene rings is 2. The zero-order chi connectivity index (χ0) is 20.3. The number of carbonyl (C=O) groups is 2. The van der Waals surface area contributed by atoms with Crippen LogP contribution in [0.2, 0.25) is 0 Å². The summed E-state index contributed by atoms with van der Waals surface area (Å²) >= 11 is 0. The molecule has 0 unspecified atom stereocenters. The van der Waals surface area contributed by atoms with Crippen molar-refractivity contribution in [3.8, 4) is 34.0 Å². The second-order valence-corrected chi connectivity index (χ2v) is 5.99. The summed E-state index contributed by atoms with van der Waals surface area (Å²) in [6.07, 6.45) is 0. The monoisotopic (exact) mass is 377 g/mol. The summed E-state index contributed by atoms with van der Waals surface area (Å²) in [5.41, 5.74) is 14.1. The first-order valence-corrected chi connectivity index (χ1v) is 8.38. The van der Waals surface area contributed by atoms with E-state index in [2.05, 4.69) is 4.98 Å². The van der Waals surface area contributed by atoms with Gasteiger partial charge in [-0.1, -0.05) is 24.3 Å². The minimum absolute atomic E-state index is 0.289. The fourth-order valence-electron chi connectivity index (χ4n) is 2.87. The highest BCUT2D eigenvalue weighted by atomic mass is 16.5. The SMILES string of the molecule is COc1cc(-c2cccc(C(N)=O)c2)c(-c2cccc(C(N)=O)c2)nc1OC. The minimum atomic E-state index is -0.542. The Balaban J connectivity index is 2.29. The van der Waals surface area contributed by atoms with Gasteiger partial charge in [0.2, 0.25) is 11.8 Å². The number of nitrogens with zero attached hydrogens (tertiary/aromatic N) is 1. The fraction of sp³-hybridized carbons (Fsp3) is 0.0952. The van der Waals surface area contributed by atoms with Crippen molar-refractivity contribution >= 4 is 11.8 Å². The van der Waals surface area contributed by atoms with Crippen LogP contribution in [0.3, 0.4) is 0 Å². The maximum Gasteiger partial charge on any atom is 0.257 e. The van der Waals surface area contributed by atoms with Crippen LogP contribution in [0.1, 0.15) is 20.7 Å². The van der Waals surface area contributed by atoms with Crippen molar-refractivity contribution < 1.29 is 19.1 Å². The van der Waals surface area contributed by atoms with Gasteiger partial charge in [0.05, 0.1) is 19.9 Å². The number of carbonyl (C=O) groups excluding carboxylic acids is 2. The summed E-state index contributed by atoms with van der Waals surface area (Å²) in [6, 6.07) is 15.4. The van der Waals surface area contributed by atoms with Gasteiger partial charge in [-0.3, -0.25) is 9.59 Å². The highest BCUT2D eigenvalue weighted by Crippen LogP contribution is 2.38. The van der Waals surface area contributed by atoms with E-state index in [0.717, 1.165) is 0 Å². The maximum atomic E-state index is 11.6. The Labute approximate surface area is 161 Å². The minimum Gasteiger partial charge on any atom is -0.491 e. The predicted molar refractivity (Wildman–Crippen MR) is 105 cm³/mol. The Bertz CT molecular complexity index is 979. The molecule has 7 heteroatoms. The molecule has 0 saturated heterocycles. The first-order valence-electron chi connectivity index (χ1n) is 8.38. The number of hydrogen-bond acceptors (Lipinski definition) is 5. The molecule has 28 heavy (non-hydrogen) atoms. The zero-order valence-electron chi connectivity index (χ0n) is 15.4. The van der Waals surface area contributed by atoms with Crippen LogP contribution < -0.4 is 20.9 Å². The first kappa shape index (κ1) is 18.9. The summed E-state index contributed by atoms with van der Waals surface area (Å²) in [6.45, 7) is 0. The topological polar surface area (TPSA) is 118 Å². The van der Waals surface area contributed by atoms with Crippen LogP contribution in [0.25, 0.3) is 22.4 Å². The second-order valence-electron chi connectivity index (χ2n) is 5.99. The highest BCUT2D eigenvalue weighted by Gasteiger charge is 2.17. The number of hydrogen-bond donors (Lipinski definition) is 2. The standard InChI is InChI=1S/C21H19N3O4/c1-27-17-11-16(12-5-3-7-14(9-12)19(22)25)18(24-21(17)28-2)13-6-4-8-15(10-13)20(23)26/h3-11H,1-2H3,(H2,22,25)(H2,23,26). The van der Waals surface area contributed by atoms with E-state index in [9.17, 15) is 9.59 Å². The Morgan fingerprint density at radius 3 is 1.93 bits per heavy atom. The molecule has 1 heterocycles. The normalized spacial score (nSPS) is 10.4. The van der Waals surface area contributed by atoms with Crippen LogP contribution in [0, 0.1) is 0 Å². The fourth-order valence-corrected chi connectivity index (χ4v) is 2.87. The number of ether oxygens (including phenoxy) is 2. The second kappa shape index (κ2) is 7.79. The molecule has 0 aliphatic rings. The molecule has 1 aromatic heterocycles. The van der Waals surface area contributed by atoms with E-state index in [0.29, 0.717) is 39.3 Å². The summed E-state index contributed by atoms with van der Waals surface area (Å²) < 4.78 is 10.7. The van der Waals surface area contributed by atoms with Gasteiger partial charge in [0.25, 0.3) is 5.88 Å². The molecule has 3 aromatic rings. The van der Waals surface area contributed by atoms with Gasteiger partial charge in [0.15, 0.2) is 5.75 Å². The van der Waals surface area contributed by atoms with E-state index in [4.69, 9.17) is 20.9 Å². The van der Waals surface area contributed by atoms with E-state index in [1.165, 1.54) is 14.2 Å². The van der Waals surface area contributed by atoms with Crippen molar-refractivity contribution in [2.45, 2.75) is 0 Å². The molecule has 0 spiro atoms. The Kier molecular flexibility index (Phi) is 5.26. The van der Waals surface area contributed by atoms with E-state index >= 15 is 0 Å². The third-order valence-corrected chi connectivity index (χ3v) is 4.25. The lowest BCUT2D eigenvalue weighted by molar-refractivity contribution is 0.0992. The average molecular weight is 377 g/mol. The number of aromatic nitrogens is 1. The summed E-state index contributed by atoms with van der Waals surface area (Å²) in [5.74, 6) is -0.360. The molecule has 0 fully saturated rings. The van der Waals surface area contributed by atoms with Crippen LogP contribution in [-0.2, 0) is 0 Å². The molecule has 4 N–H and O–H groups in total. The van der Waals surface area contributed by atoms with Gasteiger partial charge in [0.1, 0.15) is 0 Å².